The molecule has 0 amide bonds. The van der Waals surface area contributed by atoms with E-state index in [1.54, 1.807) is 0 Å². The van der Waals surface area contributed by atoms with Crippen molar-refractivity contribution in [1.29, 1.82) is 0 Å². The number of hydrogen-bond donors (Lipinski definition) is 0. The molecule has 0 atom stereocenters. The molecule has 0 saturated heterocycles. The van der Waals surface area contributed by atoms with Crippen molar-refractivity contribution in [2.75, 3.05) is 0 Å². The Bertz CT molecular complexity index is 578. The molecular formula is C12H8BrClN2O2. The third kappa shape index (κ3) is 3.27. The Balaban J connectivity index is 2.03. The number of ether oxygens (including phenoxy) is 1. The molecule has 1 aromatic carbocycles. The fourth-order valence-electron chi connectivity index (χ4n) is 1.27. The number of rotatable bonds is 3. The Hall–Kier alpha value is -1.46. The highest BCUT2D eigenvalue weighted by atomic mass is 79.9. The number of carbonyl (C=O) groups is 1. The lowest BCUT2D eigenvalue weighted by atomic mass is 10.2. The van der Waals surface area contributed by atoms with Crippen molar-refractivity contribution in [2.24, 2.45) is 0 Å². The van der Waals surface area contributed by atoms with Crippen LogP contribution in [-0.2, 0) is 11.3 Å². The van der Waals surface area contributed by atoms with Crippen LogP contribution in [-0.4, -0.2) is 15.9 Å². The van der Waals surface area contributed by atoms with Crippen molar-refractivity contribution in [1.82, 2.24) is 9.97 Å². The van der Waals surface area contributed by atoms with Crippen LogP contribution < -0.4 is 0 Å². The summed E-state index contributed by atoms with van der Waals surface area (Å²) < 4.78 is 6.00. The maximum absolute atomic E-state index is 11.7. The van der Waals surface area contributed by atoms with Crippen LogP contribution in [0.25, 0.3) is 0 Å². The van der Waals surface area contributed by atoms with Gasteiger partial charge < -0.3 is 4.74 Å². The standard InChI is InChI=1S/C12H8BrClN2O2/c13-9-4-2-1-3-8(9)7-18-12(17)10-5-15-6-11(14)16-10/h1-6H,7H2. The number of carbonyl (C=O) groups excluding carboxylic acids is 1. The molecule has 2 rings (SSSR count). The Morgan fingerprint density at radius 3 is 2.83 bits per heavy atom. The van der Waals surface area contributed by atoms with Gasteiger partial charge in [0, 0.05) is 10.0 Å². The second-order valence-electron chi connectivity index (χ2n) is 3.39. The number of halogens is 2. The SMILES string of the molecule is O=C(OCc1ccccc1Br)c1cncc(Cl)n1. The molecule has 4 nitrogen and oxygen atoms in total. The van der Waals surface area contributed by atoms with Crippen molar-refractivity contribution in [3.8, 4) is 0 Å². The van der Waals surface area contributed by atoms with Crippen LogP contribution in [0.15, 0.2) is 41.1 Å². The van der Waals surface area contributed by atoms with Gasteiger partial charge in [0.1, 0.15) is 11.8 Å². The van der Waals surface area contributed by atoms with E-state index < -0.39 is 5.97 Å². The molecule has 0 saturated carbocycles. The highest BCUT2D eigenvalue weighted by Gasteiger charge is 2.10. The topological polar surface area (TPSA) is 52.1 Å². The zero-order valence-electron chi connectivity index (χ0n) is 9.14. The number of nitrogens with zero attached hydrogens (tertiary/aromatic N) is 2. The number of benzene rings is 1. The van der Waals surface area contributed by atoms with Gasteiger partial charge in [-0.2, -0.15) is 0 Å². The van der Waals surface area contributed by atoms with Gasteiger partial charge in [0.15, 0.2) is 5.69 Å². The molecule has 0 aliphatic carbocycles. The lowest BCUT2D eigenvalue weighted by molar-refractivity contribution is 0.0464. The van der Waals surface area contributed by atoms with E-state index in [0.29, 0.717) is 0 Å². The van der Waals surface area contributed by atoms with Crippen molar-refractivity contribution in [2.45, 2.75) is 6.61 Å². The van der Waals surface area contributed by atoms with Gasteiger partial charge in [0.05, 0.1) is 12.4 Å². The second kappa shape index (κ2) is 5.93. The van der Waals surface area contributed by atoms with Gasteiger partial charge in [-0.15, -0.1) is 0 Å². The monoisotopic (exact) mass is 326 g/mol. The van der Waals surface area contributed by atoms with Gasteiger partial charge in [-0.1, -0.05) is 45.7 Å². The van der Waals surface area contributed by atoms with Gasteiger partial charge >= 0.3 is 5.97 Å². The van der Waals surface area contributed by atoms with Crippen LogP contribution in [0.4, 0.5) is 0 Å². The first-order chi connectivity index (χ1) is 8.66. The van der Waals surface area contributed by atoms with Gasteiger partial charge in [0.2, 0.25) is 0 Å². The molecule has 0 unspecified atom stereocenters. The summed E-state index contributed by atoms with van der Waals surface area (Å²) in [5.41, 5.74) is 0.968. The molecule has 0 spiro atoms. The Morgan fingerprint density at radius 2 is 2.11 bits per heavy atom. The molecule has 92 valence electrons. The van der Waals surface area contributed by atoms with E-state index in [9.17, 15) is 4.79 Å². The summed E-state index contributed by atoms with van der Waals surface area (Å²) in [6.45, 7) is 0.161. The average molecular weight is 328 g/mol. The minimum atomic E-state index is -0.555. The van der Waals surface area contributed by atoms with E-state index >= 15 is 0 Å². The first kappa shape index (κ1) is 13.0. The molecule has 0 radical (unpaired) electrons. The van der Waals surface area contributed by atoms with Crippen LogP contribution in [0.3, 0.4) is 0 Å². The summed E-state index contributed by atoms with van der Waals surface area (Å²) in [5, 5.41) is 0.158. The number of esters is 1. The molecule has 0 N–H and O–H groups in total. The average Bonchev–Trinajstić information content (AvgIpc) is 2.37. The summed E-state index contributed by atoms with van der Waals surface area (Å²) >= 11 is 9.02. The molecular weight excluding hydrogens is 320 g/mol. The van der Waals surface area contributed by atoms with Crippen molar-refractivity contribution in [3.05, 3.63) is 57.5 Å². The summed E-state index contributed by atoms with van der Waals surface area (Å²) in [5.74, 6) is -0.555. The van der Waals surface area contributed by atoms with E-state index in [1.807, 2.05) is 24.3 Å². The van der Waals surface area contributed by atoms with Crippen LogP contribution in [0.1, 0.15) is 16.1 Å². The fraction of sp³-hybridized carbons (Fsp3) is 0.0833. The first-order valence-electron chi connectivity index (χ1n) is 5.05. The largest absolute Gasteiger partial charge is 0.456 e. The third-order valence-corrected chi connectivity index (χ3v) is 3.09. The van der Waals surface area contributed by atoms with Gasteiger partial charge in [-0.25, -0.2) is 9.78 Å². The van der Waals surface area contributed by atoms with E-state index in [0.717, 1.165) is 10.0 Å². The van der Waals surface area contributed by atoms with E-state index in [1.165, 1.54) is 12.4 Å². The first-order valence-corrected chi connectivity index (χ1v) is 6.22. The van der Waals surface area contributed by atoms with Gasteiger partial charge in [0.25, 0.3) is 0 Å². The number of aromatic nitrogens is 2. The van der Waals surface area contributed by atoms with Crippen LogP contribution in [0.5, 0.6) is 0 Å². The van der Waals surface area contributed by atoms with Crippen molar-refractivity contribution in [3.63, 3.8) is 0 Å². The zero-order chi connectivity index (χ0) is 13.0. The van der Waals surface area contributed by atoms with E-state index in [2.05, 4.69) is 25.9 Å². The van der Waals surface area contributed by atoms with Gasteiger partial charge in [-0.05, 0) is 6.07 Å². The second-order valence-corrected chi connectivity index (χ2v) is 4.64. The lowest BCUT2D eigenvalue weighted by Crippen LogP contribution is -2.08. The van der Waals surface area contributed by atoms with Gasteiger partial charge in [-0.3, -0.25) is 4.98 Å². The Labute approximate surface area is 117 Å². The quantitative estimate of drug-likeness (QED) is 0.812. The molecule has 0 bridgehead atoms. The lowest BCUT2D eigenvalue weighted by Gasteiger charge is -2.05. The molecule has 18 heavy (non-hydrogen) atoms. The number of hydrogen-bond acceptors (Lipinski definition) is 4. The molecule has 0 aliphatic rings. The zero-order valence-corrected chi connectivity index (χ0v) is 11.5. The van der Waals surface area contributed by atoms with Crippen molar-refractivity contribution >= 4 is 33.5 Å². The normalized spacial score (nSPS) is 10.1. The molecule has 1 heterocycles. The summed E-state index contributed by atoms with van der Waals surface area (Å²) in [6.07, 6.45) is 2.67. The predicted octanol–water partition coefficient (Wildman–Crippen LogP) is 3.25. The fourth-order valence-corrected chi connectivity index (χ4v) is 1.82. The predicted molar refractivity (Wildman–Crippen MR) is 70.3 cm³/mol. The smallest absolute Gasteiger partial charge is 0.358 e. The van der Waals surface area contributed by atoms with E-state index in [-0.39, 0.29) is 17.5 Å². The third-order valence-electron chi connectivity index (χ3n) is 2.13. The maximum atomic E-state index is 11.7. The highest BCUT2D eigenvalue weighted by molar-refractivity contribution is 9.10. The van der Waals surface area contributed by atoms with Crippen molar-refractivity contribution < 1.29 is 9.53 Å². The minimum Gasteiger partial charge on any atom is -0.456 e. The minimum absolute atomic E-state index is 0.0922. The molecule has 2 aromatic rings. The molecule has 0 aliphatic heterocycles. The van der Waals surface area contributed by atoms with Crippen LogP contribution in [0, 0.1) is 0 Å². The molecule has 0 fully saturated rings. The summed E-state index contributed by atoms with van der Waals surface area (Å²) in [7, 11) is 0. The van der Waals surface area contributed by atoms with E-state index in [4.69, 9.17) is 16.3 Å². The maximum Gasteiger partial charge on any atom is 0.358 e. The summed E-state index contributed by atoms with van der Waals surface area (Å²) in [4.78, 5) is 19.3. The Kier molecular flexibility index (Phi) is 4.28. The summed E-state index contributed by atoms with van der Waals surface area (Å²) in [6, 6.07) is 7.49. The van der Waals surface area contributed by atoms with Crippen LogP contribution in [0.2, 0.25) is 5.15 Å². The Morgan fingerprint density at radius 1 is 1.33 bits per heavy atom. The van der Waals surface area contributed by atoms with Crippen LogP contribution >= 0.6 is 27.5 Å². The molecule has 1 aromatic heterocycles. The molecule has 6 heteroatoms. The highest BCUT2D eigenvalue weighted by Crippen LogP contribution is 2.17.